The van der Waals surface area contributed by atoms with E-state index in [2.05, 4.69) is 0 Å². The van der Waals surface area contributed by atoms with Crippen LogP contribution in [0.1, 0.15) is 5.76 Å². The van der Waals surface area contributed by atoms with Crippen molar-refractivity contribution >= 4 is 23.9 Å². The van der Waals surface area contributed by atoms with E-state index in [0.717, 1.165) is 4.90 Å². The van der Waals surface area contributed by atoms with Crippen molar-refractivity contribution < 1.29 is 18.8 Å². The third-order valence-electron chi connectivity index (χ3n) is 2.13. The highest BCUT2D eigenvalue weighted by molar-refractivity contribution is 6.30. The lowest BCUT2D eigenvalue weighted by Gasteiger charge is -2.21. The van der Waals surface area contributed by atoms with Crippen LogP contribution in [0.4, 0.5) is 4.79 Å². The molecule has 0 atom stereocenters. The monoisotopic (exact) mass is 220 g/mol. The molecule has 4 amide bonds. The average molecular weight is 220 g/mol. The molecule has 1 saturated heterocycles. The topological polar surface area (TPSA) is 79.6 Å². The zero-order valence-corrected chi connectivity index (χ0v) is 8.39. The van der Waals surface area contributed by atoms with Crippen LogP contribution >= 0.6 is 0 Å². The van der Waals surface area contributed by atoms with Crippen LogP contribution in [0, 0.1) is 0 Å². The van der Waals surface area contributed by atoms with Crippen LogP contribution in [0.2, 0.25) is 0 Å². The molecule has 1 aliphatic heterocycles. The van der Waals surface area contributed by atoms with Gasteiger partial charge in [-0.15, -0.1) is 0 Å². The molecule has 0 unspecified atom stereocenters. The normalized spacial score (nSPS) is 19.2. The summed E-state index contributed by atoms with van der Waals surface area (Å²) in [5.41, 5.74) is -0.128. The number of barbiturate groups is 1. The Kier molecular flexibility index (Phi) is 2.32. The third kappa shape index (κ3) is 1.60. The highest BCUT2D eigenvalue weighted by Gasteiger charge is 2.33. The van der Waals surface area contributed by atoms with Gasteiger partial charge >= 0.3 is 6.03 Å². The standard InChI is InChI=1S/C10H8N2O4/c1-12-9(14)7(8(13)11-10(12)15)5-6-3-2-4-16-6/h2-5H,1H3,(H,11,13,15)/b7-5-. The van der Waals surface area contributed by atoms with Gasteiger partial charge in [0.25, 0.3) is 11.8 Å². The van der Waals surface area contributed by atoms with Crippen molar-refractivity contribution in [1.82, 2.24) is 10.2 Å². The molecule has 1 aromatic heterocycles. The van der Waals surface area contributed by atoms with E-state index in [0.29, 0.717) is 5.76 Å². The van der Waals surface area contributed by atoms with Crippen LogP contribution in [0.3, 0.4) is 0 Å². The Bertz CT molecular complexity index is 487. The molecule has 6 heteroatoms. The smallest absolute Gasteiger partial charge is 0.331 e. The summed E-state index contributed by atoms with van der Waals surface area (Å²) in [6, 6.07) is 2.50. The van der Waals surface area contributed by atoms with Gasteiger partial charge in [-0.2, -0.15) is 0 Å². The van der Waals surface area contributed by atoms with Gasteiger partial charge < -0.3 is 4.42 Å². The molecule has 0 spiro atoms. The van der Waals surface area contributed by atoms with Gasteiger partial charge in [0.15, 0.2) is 0 Å². The fourth-order valence-corrected chi connectivity index (χ4v) is 1.26. The van der Waals surface area contributed by atoms with Crippen LogP contribution in [0.5, 0.6) is 0 Å². The van der Waals surface area contributed by atoms with Crippen LogP contribution in [0.15, 0.2) is 28.4 Å². The van der Waals surface area contributed by atoms with Gasteiger partial charge in [0.2, 0.25) is 0 Å². The number of hydrogen-bond donors (Lipinski definition) is 1. The number of nitrogens with one attached hydrogen (secondary N) is 1. The van der Waals surface area contributed by atoms with Crippen molar-refractivity contribution in [3.63, 3.8) is 0 Å². The van der Waals surface area contributed by atoms with Gasteiger partial charge in [0, 0.05) is 7.05 Å². The minimum Gasteiger partial charge on any atom is -0.465 e. The lowest BCUT2D eigenvalue weighted by molar-refractivity contribution is -0.129. The number of carbonyl (C=O) groups excluding carboxylic acids is 3. The zero-order chi connectivity index (χ0) is 11.7. The molecule has 0 radical (unpaired) electrons. The maximum absolute atomic E-state index is 11.6. The molecule has 6 nitrogen and oxygen atoms in total. The van der Waals surface area contributed by atoms with E-state index >= 15 is 0 Å². The van der Waals surface area contributed by atoms with Gasteiger partial charge in [-0.1, -0.05) is 0 Å². The Hall–Kier alpha value is -2.37. The van der Waals surface area contributed by atoms with E-state index in [1.165, 1.54) is 19.4 Å². The third-order valence-corrected chi connectivity index (χ3v) is 2.13. The molecule has 1 N–H and O–H groups in total. The first kappa shape index (κ1) is 10.2. The molecule has 1 fully saturated rings. The molecule has 2 rings (SSSR count). The molecule has 82 valence electrons. The molecular weight excluding hydrogens is 212 g/mol. The maximum Gasteiger partial charge on any atom is 0.331 e. The second-order valence-electron chi connectivity index (χ2n) is 3.20. The van der Waals surface area contributed by atoms with Gasteiger partial charge in [0.1, 0.15) is 11.3 Å². The van der Waals surface area contributed by atoms with E-state index in [1.807, 2.05) is 5.32 Å². The fraction of sp³-hybridized carbons (Fsp3) is 0.100. The molecule has 1 aromatic rings. The SMILES string of the molecule is CN1C(=O)NC(=O)/C(=C/c2ccco2)C1=O. The highest BCUT2D eigenvalue weighted by atomic mass is 16.3. The van der Waals surface area contributed by atoms with E-state index in [-0.39, 0.29) is 5.57 Å². The van der Waals surface area contributed by atoms with Gasteiger partial charge in [-0.05, 0) is 18.2 Å². The van der Waals surface area contributed by atoms with Crippen molar-refractivity contribution in [1.29, 1.82) is 0 Å². The van der Waals surface area contributed by atoms with Crippen molar-refractivity contribution in [2.24, 2.45) is 0 Å². The number of rotatable bonds is 1. The van der Waals surface area contributed by atoms with Gasteiger partial charge in [0.05, 0.1) is 6.26 Å². The Morgan fingerprint density at radius 2 is 2.12 bits per heavy atom. The van der Waals surface area contributed by atoms with E-state index < -0.39 is 17.8 Å². The largest absolute Gasteiger partial charge is 0.465 e. The number of likely N-dealkylation sites (N-methyl/N-ethyl adjacent to an activating group) is 1. The Labute approximate surface area is 90.5 Å². The first-order valence-electron chi connectivity index (χ1n) is 4.48. The Balaban J connectivity index is 2.37. The first-order chi connectivity index (χ1) is 7.59. The van der Waals surface area contributed by atoms with Crippen LogP contribution in [-0.2, 0) is 9.59 Å². The maximum atomic E-state index is 11.6. The number of urea groups is 1. The zero-order valence-electron chi connectivity index (χ0n) is 8.39. The number of carbonyl (C=O) groups is 3. The van der Waals surface area contributed by atoms with Crippen molar-refractivity contribution in [3.8, 4) is 0 Å². The summed E-state index contributed by atoms with van der Waals surface area (Å²) in [4.78, 5) is 34.9. The predicted molar refractivity (Wildman–Crippen MR) is 53.0 cm³/mol. The summed E-state index contributed by atoms with van der Waals surface area (Å²) in [6.07, 6.45) is 2.72. The van der Waals surface area contributed by atoms with Crippen molar-refractivity contribution in [2.45, 2.75) is 0 Å². The van der Waals surface area contributed by atoms with Crippen molar-refractivity contribution in [2.75, 3.05) is 7.05 Å². The minimum atomic E-state index is -0.730. The van der Waals surface area contributed by atoms with Crippen LogP contribution in [0.25, 0.3) is 6.08 Å². The van der Waals surface area contributed by atoms with Crippen LogP contribution in [-0.4, -0.2) is 29.8 Å². The predicted octanol–water partition coefficient (Wildman–Crippen LogP) is 0.371. The molecule has 0 aliphatic carbocycles. The molecular formula is C10H8N2O4. The summed E-state index contributed by atoms with van der Waals surface area (Å²) in [7, 11) is 1.29. The molecule has 0 aromatic carbocycles. The number of hydrogen-bond acceptors (Lipinski definition) is 4. The summed E-state index contributed by atoms with van der Waals surface area (Å²) in [5.74, 6) is -0.990. The first-order valence-corrected chi connectivity index (χ1v) is 4.48. The van der Waals surface area contributed by atoms with E-state index in [1.54, 1.807) is 12.1 Å². The van der Waals surface area contributed by atoms with Gasteiger partial charge in [-0.3, -0.25) is 19.8 Å². The fourth-order valence-electron chi connectivity index (χ4n) is 1.26. The van der Waals surface area contributed by atoms with Crippen LogP contribution < -0.4 is 5.32 Å². The minimum absolute atomic E-state index is 0.128. The highest BCUT2D eigenvalue weighted by Crippen LogP contribution is 2.13. The van der Waals surface area contributed by atoms with Gasteiger partial charge in [-0.25, -0.2) is 4.79 Å². The number of nitrogens with zero attached hydrogens (tertiary/aromatic N) is 1. The van der Waals surface area contributed by atoms with E-state index in [9.17, 15) is 14.4 Å². The summed E-state index contributed by atoms with van der Waals surface area (Å²) < 4.78 is 4.98. The lowest BCUT2D eigenvalue weighted by atomic mass is 10.1. The summed E-state index contributed by atoms with van der Waals surface area (Å²) in [6.45, 7) is 0. The number of imide groups is 2. The molecule has 0 saturated carbocycles. The van der Waals surface area contributed by atoms with Crippen molar-refractivity contribution in [3.05, 3.63) is 29.7 Å². The number of amides is 4. The molecule has 2 heterocycles. The second-order valence-corrected chi connectivity index (χ2v) is 3.20. The molecule has 1 aliphatic rings. The Morgan fingerprint density at radius 3 is 2.75 bits per heavy atom. The summed E-state index contributed by atoms with van der Waals surface area (Å²) in [5, 5.41) is 2.04. The second kappa shape index (κ2) is 3.65. The molecule has 0 bridgehead atoms. The quantitative estimate of drug-likeness (QED) is 0.547. The summed E-state index contributed by atoms with van der Waals surface area (Å²) >= 11 is 0. The Morgan fingerprint density at radius 1 is 1.38 bits per heavy atom. The van der Waals surface area contributed by atoms with E-state index in [4.69, 9.17) is 4.42 Å². The number of furan rings is 1. The average Bonchev–Trinajstić information content (AvgIpc) is 2.74. The molecule has 16 heavy (non-hydrogen) atoms. The lowest BCUT2D eigenvalue weighted by Crippen LogP contribution is -2.52.